The van der Waals surface area contributed by atoms with E-state index in [1.165, 1.54) is 22.5 Å². The van der Waals surface area contributed by atoms with E-state index in [1.807, 2.05) is 23.1 Å². The SMILES string of the molecule is Nn1c(Cc2ccccc2F)nnc1SCC(=O)N1CCN(Cc2ccc3c(c2)OCO3)CC1. The molecule has 2 aliphatic heterocycles. The van der Waals surface area contributed by atoms with Crippen molar-refractivity contribution < 1.29 is 18.7 Å². The molecule has 2 N–H and O–H groups in total. The quantitative estimate of drug-likeness (QED) is 0.401. The Labute approximate surface area is 200 Å². The molecule has 0 bridgehead atoms. The molecule has 0 unspecified atom stereocenters. The second kappa shape index (κ2) is 9.90. The second-order valence-corrected chi connectivity index (χ2v) is 9.11. The largest absolute Gasteiger partial charge is 0.454 e. The van der Waals surface area contributed by atoms with Crippen molar-refractivity contribution in [1.82, 2.24) is 24.7 Å². The number of hydrogen-bond donors (Lipinski definition) is 1. The second-order valence-electron chi connectivity index (χ2n) is 8.17. The molecule has 1 fully saturated rings. The lowest BCUT2D eigenvalue weighted by molar-refractivity contribution is -0.130. The van der Waals surface area contributed by atoms with Gasteiger partial charge in [0, 0.05) is 39.1 Å². The molecule has 0 saturated carbocycles. The first-order valence-corrected chi connectivity index (χ1v) is 12.0. The minimum absolute atomic E-state index is 0.0337. The molecule has 9 nitrogen and oxygen atoms in total. The van der Waals surface area contributed by atoms with E-state index < -0.39 is 0 Å². The summed E-state index contributed by atoms with van der Waals surface area (Å²) in [4.78, 5) is 16.9. The predicted molar refractivity (Wildman–Crippen MR) is 125 cm³/mol. The minimum Gasteiger partial charge on any atom is -0.454 e. The van der Waals surface area contributed by atoms with Crippen LogP contribution in [-0.4, -0.2) is 69.3 Å². The number of benzene rings is 2. The van der Waals surface area contributed by atoms with Gasteiger partial charge < -0.3 is 20.2 Å². The highest BCUT2D eigenvalue weighted by atomic mass is 32.2. The molecular formula is C23H25FN6O3S. The molecule has 0 spiro atoms. The number of piperazine rings is 1. The normalized spacial score (nSPS) is 15.6. The summed E-state index contributed by atoms with van der Waals surface area (Å²) in [7, 11) is 0. The molecule has 34 heavy (non-hydrogen) atoms. The van der Waals surface area contributed by atoms with Gasteiger partial charge in [0.05, 0.1) is 5.75 Å². The number of nitrogens with zero attached hydrogens (tertiary/aromatic N) is 5. The zero-order valence-electron chi connectivity index (χ0n) is 18.5. The summed E-state index contributed by atoms with van der Waals surface area (Å²) < 4.78 is 26.1. The van der Waals surface area contributed by atoms with Crippen LogP contribution in [0, 0.1) is 5.82 Å². The smallest absolute Gasteiger partial charge is 0.233 e. The molecule has 1 saturated heterocycles. The maximum Gasteiger partial charge on any atom is 0.233 e. The third-order valence-corrected chi connectivity index (χ3v) is 6.86. The molecule has 0 aliphatic carbocycles. The number of hydrogen-bond acceptors (Lipinski definition) is 8. The average molecular weight is 485 g/mol. The average Bonchev–Trinajstić information content (AvgIpc) is 3.46. The van der Waals surface area contributed by atoms with Crippen molar-refractivity contribution in [2.24, 2.45) is 0 Å². The minimum atomic E-state index is -0.312. The van der Waals surface area contributed by atoms with Gasteiger partial charge in [-0.15, -0.1) is 10.2 Å². The van der Waals surface area contributed by atoms with Gasteiger partial charge in [0.25, 0.3) is 0 Å². The predicted octanol–water partition coefficient (Wildman–Crippen LogP) is 1.89. The first kappa shape index (κ1) is 22.5. The van der Waals surface area contributed by atoms with Crippen molar-refractivity contribution in [3.05, 3.63) is 65.2 Å². The molecule has 1 aromatic heterocycles. The zero-order chi connectivity index (χ0) is 23.5. The Hall–Kier alpha value is -3.31. The Bertz CT molecular complexity index is 1180. The first-order chi connectivity index (χ1) is 16.6. The van der Waals surface area contributed by atoms with E-state index in [0.717, 1.165) is 36.7 Å². The van der Waals surface area contributed by atoms with Crippen LogP contribution in [0.25, 0.3) is 0 Å². The molecule has 0 atom stereocenters. The highest BCUT2D eigenvalue weighted by Crippen LogP contribution is 2.32. The van der Waals surface area contributed by atoms with E-state index in [9.17, 15) is 9.18 Å². The van der Waals surface area contributed by atoms with Crippen molar-refractivity contribution >= 4 is 17.7 Å². The van der Waals surface area contributed by atoms with Crippen molar-refractivity contribution in [3.8, 4) is 11.5 Å². The Morgan fingerprint density at radius 2 is 1.85 bits per heavy atom. The van der Waals surface area contributed by atoms with Gasteiger partial charge in [-0.05, 0) is 29.3 Å². The fourth-order valence-corrected chi connectivity index (χ4v) is 4.79. The number of fused-ring (bicyclic) bond motifs is 1. The van der Waals surface area contributed by atoms with Crippen molar-refractivity contribution in [3.63, 3.8) is 0 Å². The van der Waals surface area contributed by atoms with E-state index in [-0.39, 0.29) is 30.7 Å². The Kier molecular flexibility index (Phi) is 6.54. The van der Waals surface area contributed by atoms with Crippen LogP contribution in [-0.2, 0) is 17.8 Å². The maximum atomic E-state index is 13.9. The van der Waals surface area contributed by atoms with E-state index >= 15 is 0 Å². The summed E-state index contributed by atoms with van der Waals surface area (Å²) >= 11 is 1.24. The first-order valence-electron chi connectivity index (χ1n) is 11.0. The monoisotopic (exact) mass is 484 g/mol. The highest BCUT2D eigenvalue weighted by molar-refractivity contribution is 7.99. The van der Waals surface area contributed by atoms with Crippen LogP contribution in [0.2, 0.25) is 0 Å². The van der Waals surface area contributed by atoms with Crippen LogP contribution in [0.5, 0.6) is 11.5 Å². The Balaban J connectivity index is 1.09. The van der Waals surface area contributed by atoms with Crippen LogP contribution < -0.4 is 15.3 Å². The van der Waals surface area contributed by atoms with Crippen molar-refractivity contribution in [2.45, 2.75) is 18.1 Å². The number of carbonyl (C=O) groups excluding carboxylic acids is 1. The van der Waals surface area contributed by atoms with Gasteiger partial charge >= 0.3 is 0 Å². The van der Waals surface area contributed by atoms with E-state index in [0.29, 0.717) is 29.6 Å². The lowest BCUT2D eigenvalue weighted by atomic mass is 10.1. The molecule has 3 heterocycles. The van der Waals surface area contributed by atoms with Crippen LogP contribution in [0.15, 0.2) is 47.6 Å². The molecule has 11 heteroatoms. The summed E-state index contributed by atoms with van der Waals surface area (Å²) in [5, 5.41) is 8.57. The third kappa shape index (κ3) is 4.95. The number of amides is 1. The van der Waals surface area contributed by atoms with Crippen molar-refractivity contribution in [2.75, 3.05) is 44.6 Å². The number of halogens is 1. The number of nitrogen functional groups attached to an aromatic ring is 1. The fraction of sp³-hybridized carbons (Fsp3) is 0.348. The summed E-state index contributed by atoms with van der Waals surface area (Å²) in [6.45, 7) is 3.99. The fourth-order valence-electron chi connectivity index (χ4n) is 4.01. The molecule has 1 amide bonds. The number of thioether (sulfide) groups is 1. The lowest BCUT2D eigenvalue weighted by Gasteiger charge is -2.34. The van der Waals surface area contributed by atoms with Gasteiger partial charge in [-0.1, -0.05) is 36.0 Å². The lowest BCUT2D eigenvalue weighted by Crippen LogP contribution is -2.48. The van der Waals surface area contributed by atoms with Crippen LogP contribution in [0.1, 0.15) is 17.0 Å². The molecular weight excluding hydrogens is 459 g/mol. The number of aromatic nitrogens is 3. The van der Waals surface area contributed by atoms with Gasteiger partial charge in [-0.3, -0.25) is 9.69 Å². The Morgan fingerprint density at radius 1 is 1.06 bits per heavy atom. The topological polar surface area (TPSA) is 98.7 Å². The van der Waals surface area contributed by atoms with Gasteiger partial charge in [0.15, 0.2) is 17.3 Å². The molecule has 178 valence electrons. The van der Waals surface area contributed by atoms with Crippen molar-refractivity contribution in [1.29, 1.82) is 0 Å². The van der Waals surface area contributed by atoms with E-state index in [1.54, 1.807) is 18.2 Å². The standard InChI is InChI=1S/C23H25FN6O3S/c24-18-4-2-1-3-17(18)12-21-26-27-23(30(21)25)34-14-22(31)29-9-7-28(8-10-29)13-16-5-6-19-20(11-16)33-15-32-19/h1-6,11H,7-10,12-15,25H2. The zero-order valence-corrected chi connectivity index (χ0v) is 19.3. The van der Waals surface area contributed by atoms with E-state index in [4.69, 9.17) is 15.3 Å². The van der Waals surface area contributed by atoms with Gasteiger partial charge in [0.1, 0.15) is 5.82 Å². The van der Waals surface area contributed by atoms with Crippen LogP contribution >= 0.6 is 11.8 Å². The summed E-state index contributed by atoms with van der Waals surface area (Å²) in [5.74, 6) is 8.04. The number of nitrogens with two attached hydrogens (primary N) is 1. The summed E-state index contributed by atoms with van der Waals surface area (Å²) in [6, 6.07) is 12.5. The summed E-state index contributed by atoms with van der Waals surface area (Å²) in [6.07, 6.45) is 0.232. The third-order valence-electron chi connectivity index (χ3n) is 5.93. The van der Waals surface area contributed by atoms with Crippen LogP contribution in [0.3, 0.4) is 0 Å². The molecule has 2 aromatic carbocycles. The molecule has 0 radical (unpaired) electrons. The maximum absolute atomic E-state index is 13.9. The molecule has 3 aromatic rings. The van der Waals surface area contributed by atoms with Gasteiger partial charge in [-0.25, -0.2) is 9.07 Å². The highest BCUT2D eigenvalue weighted by Gasteiger charge is 2.23. The number of carbonyl (C=O) groups is 1. The summed E-state index contributed by atoms with van der Waals surface area (Å²) in [5.41, 5.74) is 1.65. The molecule has 5 rings (SSSR count). The molecule has 2 aliphatic rings. The van der Waals surface area contributed by atoms with Gasteiger partial charge in [0.2, 0.25) is 17.9 Å². The van der Waals surface area contributed by atoms with Gasteiger partial charge in [-0.2, -0.15) is 0 Å². The Morgan fingerprint density at radius 3 is 2.68 bits per heavy atom. The van der Waals surface area contributed by atoms with E-state index in [2.05, 4.69) is 15.1 Å². The van der Waals surface area contributed by atoms with Crippen LogP contribution in [0.4, 0.5) is 4.39 Å². The number of rotatable bonds is 7. The number of ether oxygens (including phenoxy) is 2.